The van der Waals surface area contributed by atoms with E-state index in [1.54, 1.807) is 18.3 Å². The minimum absolute atomic E-state index is 0.0426. The second kappa shape index (κ2) is 7.34. The number of rotatable bonds is 5. The van der Waals surface area contributed by atoms with Crippen LogP contribution in [0.25, 0.3) is 0 Å². The third-order valence-electron chi connectivity index (χ3n) is 4.07. The van der Waals surface area contributed by atoms with Gasteiger partial charge in [-0.1, -0.05) is 6.07 Å². The van der Waals surface area contributed by atoms with E-state index in [1.165, 1.54) is 5.56 Å². The molecule has 0 atom stereocenters. The van der Waals surface area contributed by atoms with Gasteiger partial charge < -0.3 is 14.4 Å². The number of aromatic nitrogens is 1. The number of fused-ring (bicyclic) bond motifs is 1. The van der Waals surface area contributed by atoms with Crippen molar-refractivity contribution in [1.82, 2.24) is 9.88 Å². The normalized spacial score (nSPS) is 13.3. The number of nitrogens with zero attached hydrogens (tertiary/aromatic N) is 2. The third-order valence-corrected chi connectivity index (χ3v) is 4.07. The van der Waals surface area contributed by atoms with Crippen LogP contribution in [-0.4, -0.2) is 35.5 Å². The van der Waals surface area contributed by atoms with E-state index in [0.717, 1.165) is 17.7 Å². The molecule has 0 bridgehead atoms. The topological polar surface area (TPSA) is 51.7 Å². The Bertz CT molecular complexity index is 730. The van der Waals surface area contributed by atoms with Crippen molar-refractivity contribution in [2.45, 2.75) is 26.8 Å². The molecule has 5 heteroatoms. The van der Waals surface area contributed by atoms with E-state index in [4.69, 9.17) is 9.47 Å². The van der Waals surface area contributed by atoms with Gasteiger partial charge in [0, 0.05) is 19.3 Å². The molecule has 1 aromatic carbocycles. The van der Waals surface area contributed by atoms with E-state index in [9.17, 15) is 4.79 Å². The molecular weight excluding hydrogens is 304 g/mol. The monoisotopic (exact) mass is 326 g/mol. The molecule has 126 valence electrons. The van der Waals surface area contributed by atoms with Crippen molar-refractivity contribution in [1.29, 1.82) is 0 Å². The van der Waals surface area contributed by atoms with Gasteiger partial charge in [-0.3, -0.25) is 4.79 Å². The summed E-state index contributed by atoms with van der Waals surface area (Å²) in [4.78, 5) is 18.9. The molecule has 0 saturated heterocycles. The Morgan fingerprint density at radius 1 is 1.17 bits per heavy atom. The van der Waals surface area contributed by atoms with Crippen LogP contribution in [0.1, 0.15) is 35.3 Å². The quantitative estimate of drug-likeness (QED) is 0.847. The Kier molecular flexibility index (Phi) is 4.99. The Morgan fingerprint density at radius 3 is 2.79 bits per heavy atom. The van der Waals surface area contributed by atoms with E-state index in [0.29, 0.717) is 37.7 Å². The lowest BCUT2D eigenvalue weighted by Gasteiger charge is -2.29. The van der Waals surface area contributed by atoms with Gasteiger partial charge in [0.25, 0.3) is 5.91 Å². The van der Waals surface area contributed by atoms with Gasteiger partial charge in [-0.25, -0.2) is 4.98 Å². The van der Waals surface area contributed by atoms with Gasteiger partial charge in [0.2, 0.25) is 5.88 Å². The van der Waals surface area contributed by atoms with Crippen LogP contribution in [0.4, 0.5) is 0 Å². The summed E-state index contributed by atoms with van der Waals surface area (Å²) in [6.07, 6.45) is 2.49. The lowest BCUT2D eigenvalue weighted by Crippen LogP contribution is -2.36. The molecule has 1 aromatic heterocycles. The molecule has 2 aromatic rings. The number of carbonyl (C=O) groups is 1. The van der Waals surface area contributed by atoms with Crippen molar-refractivity contribution in [2.75, 3.05) is 19.8 Å². The van der Waals surface area contributed by atoms with Crippen molar-refractivity contribution < 1.29 is 14.3 Å². The van der Waals surface area contributed by atoms with E-state index in [1.807, 2.05) is 30.9 Å². The van der Waals surface area contributed by atoms with Gasteiger partial charge in [0.05, 0.1) is 13.2 Å². The maximum Gasteiger partial charge on any atom is 0.259 e. The zero-order valence-electron chi connectivity index (χ0n) is 14.1. The van der Waals surface area contributed by atoms with Crippen LogP contribution in [0.5, 0.6) is 11.6 Å². The number of hydrogen-bond acceptors (Lipinski definition) is 4. The minimum Gasteiger partial charge on any atom is -0.494 e. The fourth-order valence-corrected chi connectivity index (χ4v) is 2.94. The zero-order chi connectivity index (χ0) is 16.9. The maximum absolute atomic E-state index is 12.9. The molecule has 0 fully saturated rings. The summed E-state index contributed by atoms with van der Waals surface area (Å²) in [6, 6.07) is 9.66. The molecule has 1 amide bonds. The number of carbonyl (C=O) groups excluding carboxylic acids is 1. The van der Waals surface area contributed by atoms with E-state index in [2.05, 4.69) is 11.1 Å². The van der Waals surface area contributed by atoms with Gasteiger partial charge in [-0.2, -0.15) is 0 Å². The maximum atomic E-state index is 12.9. The number of ether oxygens (including phenoxy) is 2. The third kappa shape index (κ3) is 3.35. The highest BCUT2D eigenvalue weighted by molar-refractivity contribution is 5.96. The molecule has 0 spiro atoms. The van der Waals surface area contributed by atoms with Gasteiger partial charge >= 0.3 is 0 Å². The standard InChI is InChI=1S/C19H22N2O3/c1-3-23-16-8-7-14-9-11-21(13-15(14)12-16)19(22)17-6-5-10-20-18(17)24-4-2/h5-8,10,12H,3-4,9,11,13H2,1-2H3. The molecular formula is C19H22N2O3. The SMILES string of the molecule is CCOc1ccc2c(c1)CN(C(=O)c1cccnc1OCC)CC2. The predicted octanol–water partition coefficient (Wildman–Crippen LogP) is 3.08. The first-order valence-electron chi connectivity index (χ1n) is 8.34. The number of amides is 1. The molecule has 1 aliphatic heterocycles. The first kappa shape index (κ1) is 16.3. The predicted molar refractivity (Wildman–Crippen MR) is 91.5 cm³/mol. The fraction of sp³-hybridized carbons (Fsp3) is 0.368. The van der Waals surface area contributed by atoms with Crippen LogP contribution >= 0.6 is 0 Å². The van der Waals surface area contributed by atoms with Crippen LogP contribution in [0.2, 0.25) is 0 Å². The molecule has 0 saturated carbocycles. The highest BCUT2D eigenvalue weighted by Crippen LogP contribution is 2.26. The Morgan fingerprint density at radius 2 is 2.00 bits per heavy atom. The molecule has 0 radical (unpaired) electrons. The van der Waals surface area contributed by atoms with Gasteiger partial charge in [0.15, 0.2) is 0 Å². The highest BCUT2D eigenvalue weighted by atomic mass is 16.5. The molecule has 3 rings (SSSR count). The van der Waals surface area contributed by atoms with Gasteiger partial charge in [-0.15, -0.1) is 0 Å². The minimum atomic E-state index is -0.0426. The molecule has 24 heavy (non-hydrogen) atoms. The summed E-state index contributed by atoms with van der Waals surface area (Å²) in [5.74, 6) is 1.21. The first-order chi connectivity index (χ1) is 11.7. The van der Waals surface area contributed by atoms with E-state index in [-0.39, 0.29) is 5.91 Å². The smallest absolute Gasteiger partial charge is 0.259 e. The van der Waals surface area contributed by atoms with Crippen molar-refractivity contribution >= 4 is 5.91 Å². The summed E-state index contributed by atoms with van der Waals surface area (Å²) >= 11 is 0. The van der Waals surface area contributed by atoms with Crippen molar-refractivity contribution in [2.24, 2.45) is 0 Å². The van der Waals surface area contributed by atoms with Crippen LogP contribution in [-0.2, 0) is 13.0 Å². The summed E-state index contributed by atoms with van der Waals surface area (Å²) in [5.41, 5.74) is 2.94. The van der Waals surface area contributed by atoms with E-state index >= 15 is 0 Å². The van der Waals surface area contributed by atoms with Crippen LogP contribution in [0, 0.1) is 0 Å². The highest BCUT2D eigenvalue weighted by Gasteiger charge is 2.24. The molecule has 0 aliphatic carbocycles. The van der Waals surface area contributed by atoms with Crippen LogP contribution < -0.4 is 9.47 Å². The first-order valence-corrected chi connectivity index (χ1v) is 8.34. The van der Waals surface area contributed by atoms with Crippen molar-refractivity contribution in [3.05, 3.63) is 53.2 Å². The van der Waals surface area contributed by atoms with Crippen molar-refractivity contribution in [3.8, 4) is 11.6 Å². The Labute approximate surface area is 142 Å². The van der Waals surface area contributed by atoms with Gasteiger partial charge in [-0.05, 0) is 55.7 Å². The molecule has 2 heterocycles. The average Bonchev–Trinajstić information content (AvgIpc) is 2.61. The molecule has 5 nitrogen and oxygen atoms in total. The molecule has 1 aliphatic rings. The number of benzene rings is 1. The number of pyridine rings is 1. The second-order valence-corrected chi connectivity index (χ2v) is 5.63. The zero-order valence-corrected chi connectivity index (χ0v) is 14.1. The summed E-state index contributed by atoms with van der Waals surface area (Å²) < 4.78 is 11.1. The fourth-order valence-electron chi connectivity index (χ4n) is 2.94. The number of hydrogen-bond donors (Lipinski definition) is 0. The lowest BCUT2D eigenvalue weighted by molar-refractivity contribution is 0.0729. The van der Waals surface area contributed by atoms with Crippen LogP contribution in [0.15, 0.2) is 36.5 Å². The Hall–Kier alpha value is -2.56. The van der Waals surface area contributed by atoms with Crippen molar-refractivity contribution in [3.63, 3.8) is 0 Å². The second-order valence-electron chi connectivity index (χ2n) is 5.63. The van der Waals surface area contributed by atoms with E-state index < -0.39 is 0 Å². The Balaban J connectivity index is 1.82. The molecule has 0 unspecified atom stereocenters. The summed E-state index contributed by atoms with van der Waals surface area (Å²) in [5, 5.41) is 0. The average molecular weight is 326 g/mol. The van der Waals surface area contributed by atoms with Gasteiger partial charge in [0.1, 0.15) is 11.3 Å². The molecule has 0 N–H and O–H groups in total. The summed E-state index contributed by atoms with van der Waals surface area (Å²) in [7, 11) is 0. The lowest BCUT2D eigenvalue weighted by atomic mass is 9.99. The summed E-state index contributed by atoms with van der Waals surface area (Å²) in [6.45, 7) is 6.24. The largest absolute Gasteiger partial charge is 0.494 e. The van der Waals surface area contributed by atoms with Crippen LogP contribution in [0.3, 0.4) is 0 Å².